The van der Waals surface area contributed by atoms with Gasteiger partial charge in [0.05, 0.1) is 15.8 Å². The lowest BCUT2D eigenvalue weighted by Crippen LogP contribution is -2.01. The van der Waals surface area contributed by atoms with E-state index in [1.54, 1.807) is 36.4 Å². The highest BCUT2D eigenvalue weighted by Gasteiger charge is 2.06. The van der Waals surface area contributed by atoms with Crippen LogP contribution in [0, 0.1) is 0 Å². The minimum Gasteiger partial charge on any atom is -0.395 e. The summed E-state index contributed by atoms with van der Waals surface area (Å²) in [5.74, 6) is 1.16. The number of anilines is 5. The molecule has 0 spiro atoms. The second kappa shape index (κ2) is 9.53. The van der Waals surface area contributed by atoms with E-state index in [4.69, 9.17) is 40.3 Å². The summed E-state index contributed by atoms with van der Waals surface area (Å²) in [5.41, 5.74) is 29.0. The number of aromatic nitrogens is 2. The van der Waals surface area contributed by atoms with E-state index in [1.807, 2.05) is 0 Å². The fourth-order valence-corrected chi connectivity index (χ4v) is 2.90. The minimum atomic E-state index is 0.222. The molecule has 146 valence electrons. The maximum Gasteiger partial charge on any atom is 0.154 e. The van der Waals surface area contributed by atoms with Crippen molar-refractivity contribution in [2.75, 3.05) is 28.7 Å². The lowest BCUT2D eigenvalue weighted by molar-refractivity contribution is 1.20. The minimum absolute atomic E-state index is 0.222. The summed E-state index contributed by atoms with van der Waals surface area (Å²) in [6, 6.07) is 10.2. The number of nitrogens with zero attached hydrogens (tertiary/aromatic N) is 4. The number of benzene rings is 1. The molecule has 2 aromatic heterocycles. The number of nitrogen functional groups attached to an aromatic ring is 5. The lowest BCUT2D eigenvalue weighted by Gasteiger charge is -2.02. The maximum atomic E-state index is 5.77. The van der Waals surface area contributed by atoms with Gasteiger partial charge in [0.25, 0.3) is 0 Å². The molecule has 0 atom stereocenters. The Morgan fingerprint density at radius 1 is 0.750 bits per heavy atom. The summed E-state index contributed by atoms with van der Waals surface area (Å²) < 4.78 is 1.32. The Labute approximate surface area is 182 Å². The third-order valence-electron chi connectivity index (χ3n) is 3.14. The van der Waals surface area contributed by atoms with Crippen molar-refractivity contribution in [1.29, 1.82) is 0 Å². The predicted octanol–water partition coefficient (Wildman–Crippen LogP) is 4.67. The third kappa shape index (κ3) is 5.94. The molecule has 3 aromatic rings. The highest BCUT2D eigenvalue weighted by atomic mass is 79.9. The monoisotopic (exact) mass is 527 g/mol. The number of rotatable bonds is 2. The van der Waals surface area contributed by atoms with E-state index in [1.165, 1.54) is 0 Å². The molecule has 1 aromatic carbocycles. The molecule has 0 bridgehead atoms. The molecule has 3 rings (SSSR count). The van der Waals surface area contributed by atoms with Crippen LogP contribution in [0.25, 0.3) is 0 Å². The molecule has 9 nitrogen and oxygen atoms in total. The fourth-order valence-electron chi connectivity index (χ4n) is 1.82. The molecule has 0 saturated heterocycles. The van der Waals surface area contributed by atoms with E-state index in [0.717, 1.165) is 0 Å². The molecule has 0 aliphatic rings. The summed E-state index contributed by atoms with van der Waals surface area (Å²) in [5, 5.41) is 8.73. The topological polar surface area (TPSA) is 181 Å². The number of pyridine rings is 2. The molecule has 0 aliphatic heterocycles. The largest absolute Gasteiger partial charge is 0.395 e. The van der Waals surface area contributed by atoms with E-state index < -0.39 is 0 Å². The maximum absolute atomic E-state index is 5.77. The van der Waals surface area contributed by atoms with E-state index in [0.29, 0.717) is 42.7 Å². The van der Waals surface area contributed by atoms with Crippen molar-refractivity contribution >= 4 is 83.8 Å². The van der Waals surface area contributed by atoms with Crippen molar-refractivity contribution in [3.05, 3.63) is 50.4 Å². The molecule has 12 heteroatoms. The average Bonchev–Trinajstić information content (AvgIpc) is 2.61. The second-order valence-electron chi connectivity index (χ2n) is 5.27. The van der Waals surface area contributed by atoms with Crippen molar-refractivity contribution in [2.24, 2.45) is 10.2 Å². The summed E-state index contributed by atoms with van der Waals surface area (Å²) in [4.78, 5) is 7.65. The smallest absolute Gasteiger partial charge is 0.154 e. The highest BCUT2D eigenvalue weighted by molar-refractivity contribution is 9.11. The van der Waals surface area contributed by atoms with Crippen LogP contribution in [-0.4, -0.2) is 9.97 Å². The van der Waals surface area contributed by atoms with Crippen LogP contribution in [0.5, 0.6) is 0 Å². The molecule has 0 saturated carbocycles. The van der Waals surface area contributed by atoms with Crippen LogP contribution in [0.15, 0.2) is 55.6 Å². The van der Waals surface area contributed by atoms with Gasteiger partial charge in [-0.15, -0.1) is 5.11 Å². The fraction of sp³-hybridized carbons (Fsp3) is 0. The van der Waals surface area contributed by atoms with E-state index in [-0.39, 0.29) is 11.6 Å². The normalized spacial score (nSPS) is 10.5. The van der Waals surface area contributed by atoms with Gasteiger partial charge in [0.2, 0.25) is 0 Å². The first-order valence-electron chi connectivity index (χ1n) is 7.53. The van der Waals surface area contributed by atoms with Crippen LogP contribution in [0.3, 0.4) is 0 Å². The number of nitrogens with two attached hydrogens (primary N) is 5. The first-order valence-corrected chi connectivity index (χ1v) is 9.49. The molecule has 0 radical (unpaired) electrons. The third-order valence-corrected chi connectivity index (χ3v) is 4.66. The number of halogens is 3. The average molecular weight is 530 g/mol. The van der Waals surface area contributed by atoms with Crippen LogP contribution in [0.4, 0.5) is 40.3 Å². The quantitative estimate of drug-likeness (QED) is 0.299. The van der Waals surface area contributed by atoms with E-state index in [2.05, 4.69) is 52.1 Å². The van der Waals surface area contributed by atoms with Crippen LogP contribution < -0.4 is 28.7 Å². The highest BCUT2D eigenvalue weighted by Crippen LogP contribution is 2.33. The van der Waals surface area contributed by atoms with Gasteiger partial charge >= 0.3 is 0 Å². The first kappa shape index (κ1) is 21.7. The zero-order chi connectivity index (χ0) is 20.8. The summed E-state index contributed by atoms with van der Waals surface area (Å²) in [6.45, 7) is 0. The Balaban J connectivity index is 0.000000237. The number of hydrogen-bond acceptors (Lipinski definition) is 9. The molecule has 0 aliphatic carbocycles. The van der Waals surface area contributed by atoms with Gasteiger partial charge in [-0.2, -0.15) is 5.11 Å². The van der Waals surface area contributed by atoms with Gasteiger partial charge in [-0.1, -0.05) is 11.6 Å². The molecule has 2 heterocycles. The van der Waals surface area contributed by atoms with Crippen LogP contribution in [-0.2, 0) is 0 Å². The lowest BCUT2D eigenvalue weighted by atomic mass is 10.3. The Hall–Kier alpha value is -2.63. The molecular weight excluding hydrogens is 514 g/mol. The van der Waals surface area contributed by atoms with Crippen molar-refractivity contribution in [2.45, 2.75) is 0 Å². The Bertz CT molecular complexity index is 963. The van der Waals surface area contributed by atoms with E-state index in [9.17, 15) is 0 Å². The van der Waals surface area contributed by atoms with Crippen LogP contribution in [0.2, 0.25) is 5.02 Å². The first-order chi connectivity index (χ1) is 13.2. The van der Waals surface area contributed by atoms with E-state index >= 15 is 0 Å². The standard InChI is InChI=1S/C11H9BrClN5.C5H7BrN4/c12-8-5-9(14)16-11(15)10(8)18-17-7-3-1-6(13)2-4-7;6-2-1-3(7)10-5(9)4(2)8/h1-5H,(H4,14,15,16);1H,8H2,(H4,7,9,10). The number of azo groups is 1. The SMILES string of the molecule is Nc1cc(Br)c(N)c(N)n1.Nc1cc(Br)c(N=Nc2ccc(Cl)cc2)c(N)n1. The molecule has 0 fully saturated rings. The van der Waals surface area contributed by atoms with Gasteiger partial charge in [0.15, 0.2) is 5.82 Å². The summed E-state index contributed by atoms with van der Waals surface area (Å²) >= 11 is 12.3. The van der Waals surface area contributed by atoms with Gasteiger partial charge < -0.3 is 28.7 Å². The molecule has 10 N–H and O–H groups in total. The summed E-state index contributed by atoms with van der Waals surface area (Å²) in [6.07, 6.45) is 0. The number of hydrogen-bond donors (Lipinski definition) is 5. The van der Waals surface area contributed by atoms with Gasteiger partial charge in [0.1, 0.15) is 23.1 Å². The van der Waals surface area contributed by atoms with Gasteiger partial charge in [-0.05, 0) is 68.3 Å². The van der Waals surface area contributed by atoms with Crippen LogP contribution in [0.1, 0.15) is 0 Å². The van der Waals surface area contributed by atoms with Crippen LogP contribution >= 0.6 is 43.5 Å². The van der Waals surface area contributed by atoms with Crippen molar-refractivity contribution in [3.8, 4) is 0 Å². The van der Waals surface area contributed by atoms with Crippen molar-refractivity contribution < 1.29 is 0 Å². The van der Waals surface area contributed by atoms with Gasteiger partial charge in [-0.3, -0.25) is 0 Å². The zero-order valence-electron chi connectivity index (χ0n) is 14.3. The Morgan fingerprint density at radius 2 is 1.29 bits per heavy atom. The molecule has 0 unspecified atom stereocenters. The van der Waals surface area contributed by atoms with Gasteiger partial charge in [0, 0.05) is 9.50 Å². The molecule has 28 heavy (non-hydrogen) atoms. The Morgan fingerprint density at radius 3 is 1.82 bits per heavy atom. The molecular formula is C16H16Br2ClN9. The predicted molar refractivity (Wildman–Crippen MR) is 122 cm³/mol. The van der Waals surface area contributed by atoms with Crippen molar-refractivity contribution in [3.63, 3.8) is 0 Å². The van der Waals surface area contributed by atoms with Gasteiger partial charge in [-0.25, -0.2) is 9.97 Å². The summed E-state index contributed by atoms with van der Waals surface area (Å²) in [7, 11) is 0. The molecule has 0 amide bonds. The van der Waals surface area contributed by atoms with Crippen molar-refractivity contribution in [1.82, 2.24) is 9.97 Å². The second-order valence-corrected chi connectivity index (χ2v) is 7.41. The zero-order valence-corrected chi connectivity index (χ0v) is 18.2. The Kier molecular flexibility index (Phi) is 7.38.